The van der Waals surface area contributed by atoms with Gasteiger partial charge in [-0.3, -0.25) is 9.59 Å². The average molecular weight is 418 g/mol. The Morgan fingerprint density at radius 2 is 1.37 bits per heavy atom. The fourth-order valence-electron chi connectivity index (χ4n) is 2.82. The van der Waals surface area contributed by atoms with Gasteiger partial charge in [-0.2, -0.15) is 0 Å². The van der Waals surface area contributed by atoms with Crippen LogP contribution in [0.3, 0.4) is 0 Å². The third kappa shape index (κ3) is 5.25. The average Bonchev–Trinajstić information content (AvgIpc) is 2.79. The Bertz CT molecular complexity index is 874. The number of hydrogen-bond donors (Lipinski definition) is 2. The van der Waals surface area contributed by atoms with Gasteiger partial charge in [0.15, 0.2) is 23.0 Å². The van der Waals surface area contributed by atoms with Gasteiger partial charge in [0.1, 0.15) is 0 Å². The molecule has 0 aliphatic rings. The van der Waals surface area contributed by atoms with Crippen LogP contribution in [0.4, 0.5) is 0 Å². The monoisotopic (exact) mass is 418 g/mol. The van der Waals surface area contributed by atoms with Crippen molar-refractivity contribution in [2.24, 2.45) is 0 Å². The highest BCUT2D eigenvalue weighted by Crippen LogP contribution is 2.38. The summed E-state index contributed by atoms with van der Waals surface area (Å²) in [5.74, 6) is 1.36. The van der Waals surface area contributed by atoms with Crippen molar-refractivity contribution in [2.75, 3.05) is 42.1 Å². The minimum atomic E-state index is -0.455. The van der Waals surface area contributed by atoms with E-state index >= 15 is 0 Å². The molecule has 9 heteroatoms. The Hall–Kier alpha value is -3.62. The van der Waals surface area contributed by atoms with Crippen molar-refractivity contribution in [3.05, 3.63) is 41.5 Å². The summed E-state index contributed by atoms with van der Waals surface area (Å²) in [5, 5.41) is 5.30. The van der Waals surface area contributed by atoms with Crippen molar-refractivity contribution in [3.8, 4) is 28.7 Å². The number of hydrogen-bond acceptors (Lipinski definition) is 7. The zero-order chi connectivity index (χ0) is 22.1. The standard InChI is InChI=1S/C21H26N2O7/c1-26-15-8-6-7-13(19(15)29-4)11-22-18(24)12-23-21(25)14-9-16(27-2)20(30-5)17(10-14)28-3/h6-10H,11-12H2,1-5H3,(H,22,24)(H,23,25). The number of ether oxygens (including phenoxy) is 5. The molecule has 0 aliphatic heterocycles. The number of carbonyl (C=O) groups excluding carboxylic acids is 2. The minimum Gasteiger partial charge on any atom is -0.493 e. The van der Waals surface area contributed by atoms with E-state index < -0.39 is 5.91 Å². The first kappa shape index (κ1) is 22.7. The van der Waals surface area contributed by atoms with Gasteiger partial charge < -0.3 is 34.3 Å². The second-order valence-corrected chi connectivity index (χ2v) is 6.03. The summed E-state index contributed by atoms with van der Waals surface area (Å²) in [6.07, 6.45) is 0. The van der Waals surface area contributed by atoms with Crippen molar-refractivity contribution in [2.45, 2.75) is 6.54 Å². The van der Waals surface area contributed by atoms with Crippen molar-refractivity contribution in [3.63, 3.8) is 0 Å². The van der Waals surface area contributed by atoms with E-state index in [2.05, 4.69) is 10.6 Å². The maximum Gasteiger partial charge on any atom is 0.251 e. The predicted molar refractivity (Wildman–Crippen MR) is 110 cm³/mol. The van der Waals surface area contributed by atoms with Crippen LogP contribution < -0.4 is 34.3 Å². The number of nitrogens with one attached hydrogen (secondary N) is 2. The fourth-order valence-corrected chi connectivity index (χ4v) is 2.82. The molecule has 0 aromatic heterocycles. The first-order chi connectivity index (χ1) is 14.5. The van der Waals surface area contributed by atoms with Crippen LogP contribution in [0.25, 0.3) is 0 Å². The van der Waals surface area contributed by atoms with Gasteiger partial charge in [-0.15, -0.1) is 0 Å². The lowest BCUT2D eigenvalue weighted by atomic mass is 10.1. The largest absolute Gasteiger partial charge is 0.493 e. The molecule has 0 saturated heterocycles. The lowest BCUT2D eigenvalue weighted by Gasteiger charge is -2.14. The molecule has 9 nitrogen and oxygen atoms in total. The molecule has 2 aromatic rings. The molecular formula is C21H26N2O7. The summed E-state index contributed by atoms with van der Waals surface area (Å²) in [4.78, 5) is 24.6. The molecule has 0 atom stereocenters. The molecule has 0 spiro atoms. The molecule has 0 unspecified atom stereocenters. The van der Waals surface area contributed by atoms with Gasteiger partial charge in [-0.25, -0.2) is 0 Å². The van der Waals surface area contributed by atoms with E-state index in [1.54, 1.807) is 19.2 Å². The van der Waals surface area contributed by atoms with Crippen molar-refractivity contribution < 1.29 is 33.3 Å². The Morgan fingerprint density at radius 1 is 0.767 bits per heavy atom. The molecule has 0 saturated carbocycles. The van der Waals surface area contributed by atoms with E-state index in [0.717, 1.165) is 5.56 Å². The number of rotatable bonds is 10. The second-order valence-electron chi connectivity index (χ2n) is 6.03. The van der Waals surface area contributed by atoms with Gasteiger partial charge in [0.2, 0.25) is 11.7 Å². The maximum atomic E-state index is 12.5. The van der Waals surface area contributed by atoms with E-state index in [0.29, 0.717) is 28.7 Å². The predicted octanol–water partition coefficient (Wildman–Crippen LogP) is 1.78. The van der Waals surface area contributed by atoms with E-state index in [-0.39, 0.29) is 24.6 Å². The van der Waals surface area contributed by atoms with Crippen molar-refractivity contribution in [1.82, 2.24) is 10.6 Å². The minimum absolute atomic E-state index is 0.207. The summed E-state index contributed by atoms with van der Waals surface area (Å²) in [6.45, 7) is 0.0149. The number of para-hydroxylation sites is 1. The fraction of sp³-hybridized carbons (Fsp3) is 0.333. The second kappa shape index (κ2) is 10.8. The molecule has 0 bridgehead atoms. The quantitative estimate of drug-likeness (QED) is 0.606. The van der Waals surface area contributed by atoms with Crippen LogP contribution in [0, 0.1) is 0 Å². The lowest BCUT2D eigenvalue weighted by molar-refractivity contribution is -0.120. The zero-order valence-electron chi connectivity index (χ0n) is 17.7. The van der Waals surface area contributed by atoms with Gasteiger partial charge in [0, 0.05) is 17.7 Å². The Balaban J connectivity index is 1.99. The summed E-state index contributed by atoms with van der Waals surface area (Å²) in [7, 11) is 7.46. The van der Waals surface area contributed by atoms with Crippen LogP contribution in [0.5, 0.6) is 28.7 Å². The molecule has 2 aromatic carbocycles. The number of methoxy groups -OCH3 is 5. The summed E-state index contributed by atoms with van der Waals surface area (Å²) in [6, 6.07) is 8.40. The van der Waals surface area contributed by atoms with Crippen LogP contribution in [0.15, 0.2) is 30.3 Å². The van der Waals surface area contributed by atoms with E-state index in [9.17, 15) is 9.59 Å². The number of amides is 2. The van der Waals surface area contributed by atoms with Crippen molar-refractivity contribution >= 4 is 11.8 Å². The van der Waals surface area contributed by atoms with Gasteiger partial charge in [0.25, 0.3) is 5.91 Å². The first-order valence-corrected chi connectivity index (χ1v) is 9.03. The third-order valence-electron chi connectivity index (χ3n) is 4.30. The number of benzene rings is 2. The van der Waals surface area contributed by atoms with Crippen LogP contribution >= 0.6 is 0 Å². The molecule has 0 radical (unpaired) electrons. The van der Waals surface area contributed by atoms with Crippen molar-refractivity contribution in [1.29, 1.82) is 0 Å². The highest BCUT2D eigenvalue weighted by molar-refractivity contribution is 5.97. The normalized spacial score (nSPS) is 10.0. The SMILES string of the molecule is COc1cccc(CNC(=O)CNC(=O)c2cc(OC)c(OC)c(OC)c2)c1OC. The smallest absolute Gasteiger partial charge is 0.251 e. The molecule has 30 heavy (non-hydrogen) atoms. The maximum absolute atomic E-state index is 12.5. The highest BCUT2D eigenvalue weighted by atomic mass is 16.5. The molecule has 0 aliphatic carbocycles. The molecule has 2 amide bonds. The molecule has 0 fully saturated rings. The Labute approximate surface area is 175 Å². The lowest BCUT2D eigenvalue weighted by Crippen LogP contribution is -2.36. The van der Waals surface area contributed by atoms with E-state index in [1.165, 1.54) is 40.6 Å². The van der Waals surface area contributed by atoms with Crippen LogP contribution in [0.2, 0.25) is 0 Å². The van der Waals surface area contributed by atoms with E-state index in [1.807, 2.05) is 6.07 Å². The van der Waals surface area contributed by atoms with Gasteiger partial charge >= 0.3 is 0 Å². The molecule has 2 N–H and O–H groups in total. The first-order valence-electron chi connectivity index (χ1n) is 9.03. The van der Waals surface area contributed by atoms with Gasteiger partial charge in [0.05, 0.1) is 42.1 Å². The summed E-state index contributed by atoms with van der Waals surface area (Å²) in [5.41, 5.74) is 1.02. The molecule has 0 heterocycles. The molecular weight excluding hydrogens is 392 g/mol. The Morgan fingerprint density at radius 3 is 1.90 bits per heavy atom. The van der Waals surface area contributed by atoms with Crippen LogP contribution in [-0.2, 0) is 11.3 Å². The van der Waals surface area contributed by atoms with Gasteiger partial charge in [-0.1, -0.05) is 12.1 Å². The highest BCUT2D eigenvalue weighted by Gasteiger charge is 2.17. The zero-order valence-corrected chi connectivity index (χ0v) is 17.7. The number of carbonyl (C=O) groups is 2. The summed E-state index contributed by atoms with van der Waals surface area (Å²) < 4.78 is 26.3. The van der Waals surface area contributed by atoms with Crippen LogP contribution in [-0.4, -0.2) is 53.9 Å². The molecule has 162 valence electrons. The molecule has 2 rings (SSSR count). The van der Waals surface area contributed by atoms with Gasteiger partial charge in [-0.05, 0) is 18.2 Å². The Kier molecular flexibility index (Phi) is 8.16. The van der Waals surface area contributed by atoms with Crippen LogP contribution in [0.1, 0.15) is 15.9 Å². The van der Waals surface area contributed by atoms with E-state index in [4.69, 9.17) is 23.7 Å². The topological polar surface area (TPSA) is 104 Å². The summed E-state index contributed by atoms with van der Waals surface area (Å²) >= 11 is 0. The third-order valence-corrected chi connectivity index (χ3v) is 4.30.